The van der Waals surface area contributed by atoms with E-state index in [1.807, 2.05) is 30.6 Å². The van der Waals surface area contributed by atoms with E-state index >= 15 is 0 Å². The molecule has 1 aliphatic carbocycles. The lowest BCUT2D eigenvalue weighted by molar-refractivity contribution is 0.0860. The normalized spacial score (nSPS) is 23.1. The van der Waals surface area contributed by atoms with Crippen molar-refractivity contribution in [2.24, 2.45) is 21.9 Å². The number of piperidine rings is 1. The third kappa shape index (κ3) is 5.09. The van der Waals surface area contributed by atoms with E-state index in [0.29, 0.717) is 12.2 Å². The van der Waals surface area contributed by atoms with Crippen molar-refractivity contribution in [3.8, 4) is 0 Å². The molecule has 2 aromatic heterocycles. The summed E-state index contributed by atoms with van der Waals surface area (Å²) in [5, 5.41) is 18.7. The number of aromatic amines is 1. The minimum Gasteiger partial charge on any atom is -0.374 e. The molecule has 4 aliphatic rings. The van der Waals surface area contributed by atoms with E-state index in [-0.39, 0.29) is 23.6 Å². The molecule has 0 bridgehead atoms. The zero-order valence-electron chi connectivity index (χ0n) is 22.9. The summed E-state index contributed by atoms with van der Waals surface area (Å²) in [5.41, 5.74) is 9.41. The van der Waals surface area contributed by atoms with Gasteiger partial charge in [-0.05, 0) is 86.8 Å². The van der Waals surface area contributed by atoms with Crippen LogP contribution in [0.25, 0.3) is 11.6 Å². The number of pyridine rings is 1. The standard InChI is InChI=1S/C31H33FN8O/c1-40-10-8-18(9-11-40)31(41)35-23-13-20(15-33-17-23)21-14-25-28(38-39-29(25)34-16-21)30-36-26-7-3-6-24(27(26)37-30)19-4-2-5-22(32)12-19/h2-5,7,12-13,15-18,24-25,31,35,41H,6,8-11,14H2,1H3,(H,34,39)(H,36,37). The lowest BCUT2D eigenvalue weighted by atomic mass is 9.88. The Morgan fingerprint density at radius 1 is 1.15 bits per heavy atom. The van der Waals surface area contributed by atoms with Gasteiger partial charge in [0.15, 0.2) is 5.82 Å². The average Bonchev–Trinajstić information content (AvgIpc) is 3.61. The number of H-pyrrole nitrogens is 1. The maximum absolute atomic E-state index is 14.0. The van der Waals surface area contributed by atoms with Crippen LogP contribution in [0.3, 0.4) is 0 Å². The van der Waals surface area contributed by atoms with Gasteiger partial charge in [-0.1, -0.05) is 18.2 Å². The van der Waals surface area contributed by atoms with E-state index in [9.17, 15) is 9.50 Å². The van der Waals surface area contributed by atoms with Crippen molar-refractivity contribution in [3.63, 3.8) is 0 Å². The first-order chi connectivity index (χ1) is 20.0. The zero-order chi connectivity index (χ0) is 27.9. The number of aromatic nitrogens is 3. The summed E-state index contributed by atoms with van der Waals surface area (Å²) < 4.78 is 14.0. The topological polar surface area (TPSA) is 114 Å². The van der Waals surface area contributed by atoms with Crippen LogP contribution in [-0.2, 0) is 0 Å². The van der Waals surface area contributed by atoms with Gasteiger partial charge >= 0.3 is 0 Å². The Hall–Kier alpha value is -4.15. The number of benzene rings is 1. The molecule has 3 aliphatic heterocycles. The second-order valence-electron chi connectivity index (χ2n) is 11.4. The van der Waals surface area contributed by atoms with Gasteiger partial charge in [0.1, 0.15) is 23.6 Å². The van der Waals surface area contributed by atoms with Gasteiger partial charge in [-0.2, -0.15) is 5.10 Å². The molecule has 7 rings (SSSR count). The summed E-state index contributed by atoms with van der Waals surface area (Å²) in [7, 11) is 2.12. The van der Waals surface area contributed by atoms with E-state index in [1.54, 1.807) is 18.3 Å². The predicted octanol–water partition coefficient (Wildman–Crippen LogP) is 4.33. The van der Waals surface area contributed by atoms with E-state index < -0.39 is 6.23 Å². The van der Waals surface area contributed by atoms with Crippen molar-refractivity contribution in [1.29, 1.82) is 0 Å². The first kappa shape index (κ1) is 25.8. The van der Waals surface area contributed by atoms with Crippen LogP contribution in [-0.4, -0.2) is 62.9 Å². The molecule has 1 aromatic carbocycles. The number of fused-ring (bicyclic) bond motifs is 2. The molecule has 0 radical (unpaired) electrons. The monoisotopic (exact) mass is 552 g/mol. The number of likely N-dealkylation sites (tertiary alicyclic amines) is 1. The quantitative estimate of drug-likeness (QED) is 0.339. The van der Waals surface area contributed by atoms with E-state index in [2.05, 4.69) is 48.8 Å². The molecule has 3 aromatic rings. The van der Waals surface area contributed by atoms with Crippen LogP contribution in [0.1, 0.15) is 59.9 Å². The number of hydrogen-bond acceptors (Lipinski definition) is 8. The number of amidine groups is 1. The fourth-order valence-electron chi connectivity index (χ4n) is 6.25. The maximum atomic E-state index is 14.0. The number of halogens is 1. The molecule has 0 amide bonds. The number of hydrogen-bond donors (Lipinski definition) is 4. The van der Waals surface area contributed by atoms with Gasteiger partial charge in [0, 0.05) is 24.2 Å². The van der Waals surface area contributed by atoms with Crippen molar-refractivity contribution in [2.75, 3.05) is 25.5 Å². The minimum absolute atomic E-state index is 0.00282. The van der Waals surface area contributed by atoms with Gasteiger partial charge in [0.25, 0.3) is 0 Å². The fraction of sp³-hybridized carbons (Fsp3) is 0.355. The summed E-state index contributed by atoms with van der Waals surface area (Å²) in [5.74, 6) is 1.38. The lowest BCUT2D eigenvalue weighted by Crippen LogP contribution is -2.38. The Labute approximate surface area is 238 Å². The number of allylic oxidation sites excluding steroid dienone is 2. The van der Waals surface area contributed by atoms with E-state index in [1.165, 1.54) is 6.07 Å². The van der Waals surface area contributed by atoms with Crippen LogP contribution < -0.4 is 10.7 Å². The second-order valence-corrected chi connectivity index (χ2v) is 11.4. The number of nitrogens with zero attached hydrogens (tertiary/aromatic N) is 5. The highest BCUT2D eigenvalue weighted by Gasteiger charge is 2.35. The number of nitrogens with one attached hydrogen (secondary N) is 3. The van der Waals surface area contributed by atoms with Gasteiger partial charge in [-0.15, -0.1) is 0 Å². The molecule has 1 saturated heterocycles. The molecule has 0 spiro atoms. The Morgan fingerprint density at radius 3 is 2.88 bits per heavy atom. The third-order valence-electron chi connectivity index (χ3n) is 8.62. The summed E-state index contributed by atoms with van der Waals surface area (Å²) in [6.45, 7) is 1.99. The SMILES string of the molecule is CN1CCC(C(O)Nc2cncc(C3=CN=C4NN=C(c5nc6c([nH]5)C(c5cccc(F)c5)CC=C6)C4C3)c2)CC1. The number of anilines is 1. The predicted molar refractivity (Wildman–Crippen MR) is 158 cm³/mol. The Bertz CT molecular complexity index is 1580. The first-order valence-electron chi connectivity index (χ1n) is 14.2. The lowest BCUT2D eigenvalue weighted by Gasteiger charge is -2.32. The zero-order valence-corrected chi connectivity index (χ0v) is 22.9. The van der Waals surface area contributed by atoms with Crippen LogP contribution >= 0.6 is 0 Å². The number of hydrazone groups is 1. The summed E-state index contributed by atoms with van der Waals surface area (Å²) in [6.07, 6.45) is 12.3. The van der Waals surface area contributed by atoms with Crippen molar-refractivity contribution in [1.82, 2.24) is 25.3 Å². The highest BCUT2D eigenvalue weighted by molar-refractivity contribution is 6.18. The smallest absolute Gasteiger partial charge is 0.155 e. The molecule has 1 fully saturated rings. The largest absolute Gasteiger partial charge is 0.374 e. The molecule has 210 valence electrons. The summed E-state index contributed by atoms with van der Waals surface area (Å²) >= 11 is 0. The number of rotatable bonds is 6. The van der Waals surface area contributed by atoms with E-state index in [4.69, 9.17) is 4.98 Å². The van der Waals surface area contributed by atoms with Crippen LogP contribution in [0.15, 0.2) is 65.1 Å². The van der Waals surface area contributed by atoms with Crippen LogP contribution in [0, 0.1) is 17.7 Å². The molecule has 4 N–H and O–H groups in total. The maximum Gasteiger partial charge on any atom is 0.155 e. The molecule has 9 nitrogen and oxygen atoms in total. The van der Waals surface area contributed by atoms with E-state index in [0.717, 1.165) is 77.7 Å². The van der Waals surface area contributed by atoms with Crippen molar-refractivity contribution < 1.29 is 9.50 Å². The minimum atomic E-state index is -0.612. The summed E-state index contributed by atoms with van der Waals surface area (Å²) in [6, 6.07) is 8.79. The number of imidazole rings is 1. The number of aliphatic imine (C=N–C) groups is 1. The van der Waals surface area contributed by atoms with Gasteiger partial charge in [-0.3, -0.25) is 10.4 Å². The highest BCUT2D eigenvalue weighted by Crippen LogP contribution is 2.36. The molecular weight excluding hydrogens is 519 g/mol. The van der Waals surface area contributed by atoms with Crippen LogP contribution in [0.4, 0.5) is 10.1 Å². The summed E-state index contributed by atoms with van der Waals surface area (Å²) in [4.78, 5) is 19.8. The number of aliphatic hydroxyl groups is 1. The Kier molecular flexibility index (Phi) is 6.72. The molecular formula is C31H33FN8O. The van der Waals surface area contributed by atoms with Crippen LogP contribution in [0.2, 0.25) is 0 Å². The van der Waals surface area contributed by atoms with Gasteiger partial charge in [0.2, 0.25) is 0 Å². The first-order valence-corrected chi connectivity index (χ1v) is 14.2. The molecule has 0 saturated carbocycles. The molecule has 10 heteroatoms. The Balaban J connectivity index is 1.09. The molecule has 41 heavy (non-hydrogen) atoms. The van der Waals surface area contributed by atoms with Crippen molar-refractivity contribution >= 4 is 28.9 Å². The van der Waals surface area contributed by atoms with Crippen LogP contribution in [0.5, 0.6) is 0 Å². The second kappa shape index (κ2) is 10.7. The number of aliphatic hydroxyl groups excluding tert-OH is 1. The average molecular weight is 553 g/mol. The van der Waals surface area contributed by atoms with Crippen molar-refractivity contribution in [3.05, 3.63) is 89.2 Å². The molecule has 3 unspecified atom stereocenters. The van der Waals surface area contributed by atoms with Gasteiger partial charge < -0.3 is 20.3 Å². The highest BCUT2D eigenvalue weighted by atomic mass is 19.1. The van der Waals surface area contributed by atoms with Gasteiger partial charge in [-0.25, -0.2) is 14.4 Å². The Morgan fingerprint density at radius 2 is 2.02 bits per heavy atom. The molecule has 5 heterocycles. The van der Waals surface area contributed by atoms with Gasteiger partial charge in [0.05, 0.1) is 29.2 Å². The third-order valence-corrected chi connectivity index (χ3v) is 8.62. The van der Waals surface area contributed by atoms with Crippen molar-refractivity contribution in [2.45, 2.75) is 37.8 Å². The molecule has 3 atom stereocenters. The fourth-order valence-corrected chi connectivity index (χ4v) is 6.25.